The van der Waals surface area contributed by atoms with Crippen LogP contribution in [-0.2, 0) is 4.74 Å². The lowest BCUT2D eigenvalue weighted by atomic mass is 10.1. The van der Waals surface area contributed by atoms with Crippen LogP contribution in [-0.4, -0.2) is 41.9 Å². The largest absolute Gasteiger partial charge is 0.494 e. The first-order chi connectivity index (χ1) is 13.3. The predicted molar refractivity (Wildman–Crippen MR) is 97.6 cm³/mol. The van der Waals surface area contributed by atoms with Gasteiger partial charge in [-0.15, -0.1) is 0 Å². The molecule has 1 atom stereocenters. The van der Waals surface area contributed by atoms with Gasteiger partial charge in [0.05, 0.1) is 13.7 Å². The van der Waals surface area contributed by atoms with E-state index in [1.165, 1.54) is 0 Å². The van der Waals surface area contributed by atoms with Crippen molar-refractivity contribution in [1.29, 1.82) is 0 Å². The summed E-state index contributed by atoms with van der Waals surface area (Å²) in [5, 5.41) is 4.81. The third kappa shape index (κ3) is 2.80. The molecule has 3 aromatic rings. The first-order valence-corrected chi connectivity index (χ1v) is 8.91. The molecule has 0 amide bonds. The van der Waals surface area contributed by atoms with E-state index in [4.69, 9.17) is 29.0 Å². The Bertz CT molecular complexity index is 979. The summed E-state index contributed by atoms with van der Waals surface area (Å²) in [6.07, 6.45) is 0.927. The predicted octanol–water partition coefficient (Wildman–Crippen LogP) is 3.18. The van der Waals surface area contributed by atoms with Crippen molar-refractivity contribution in [2.45, 2.75) is 12.3 Å². The molecule has 0 saturated carbocycles. The van der Waals surface area contributed by atoms with Gasteiger partial charge < -0.3 is 18.9 Å². The van der Waals surface area contributed by atoms with Crippen LogP contribution in [0.4, 0.5) is 0 Å². The van der Waals surface area contributed by atoms with E-state index >= 15 is 0 Å². The number of benzene rings is 2. The number of hydrogen-bond acceptors (Lipinski definition) is 6. The van der Waals surface area contributed by atoms with Gasteiger partial charge in [-0.05, 0) is 36.8 Å². The quantitative estimate of drug-likeness (QED) is 0.707. The Labute approximate surface area is 156 Å². The number of nitrogens with zero attached hydrogens (tertiary/aromatic N) is 3. The zero-order valence-corrected chi connectivity index (χ0v) is 14.9. The van der Waals surface area contributed by atoms with Crippen molar-refractivity contribution < 1.29 is 18.9 Å². The molecule has 1 fully saturated rings. The SMILES string of the molecule is COc1ccccc1-n1nc([C@@H]2CCOC2)nc1-c1ccc2c(c1)OCO2. The maximum atomic E-state index is 5.54. The average molecular weight is 365 g/mol. The lowest BCUT2D eigenvalue weighted by molar-refractivity contribution is 0.174. The highest BCUT2D eigenvalue weighted by atomic mass is 16.7. The summed E-state index contributed by atoms with van der Waals surface area (Å²) in [7, 11) is 1.65. The van der Waals surface area contributed by atoms with E-state index in [-0.39, 0.29) is 12.7 Å². The van der Waals surface area contributed by atoms with Crippen molar-refractivity contribution in [2.24, 2.45) is 0 Å². The van der Waals surface area contributed by atoms with Gasteiger partial charge in [0, 0.05) is 18.1 Å². The van der Waals surface area contributed by atoms with Crippen LogP contribution in [0.3, 0.4) is 0 Å². The van der Waals surface area contributed by atoms with Crippen LogP contribution in [0, 0.1) is 0 Å². The molecule has 2 aliphatic heterocycles. The van der Waals surface area contributed by atoms with Crippen LogP contribution in [0.2, 0.25) is 0 Å². The van der Waals surface area contributed by atoms with Crippen molar-refractivity contribution in [2.75, 3.05) is 27.1 Å². The van der Waals surface area contributed by atoms with Crippen LogP contribution < -0.4 is 14.2 Å². The molecule has 5 rings (SSSR count). The Morgan fingerprint density at radius 2 is 2.00 bits per heavy atom. The number of rotatable bonds is 4. The average Bonchev–Trinajstić information content (AvgIpc) is 3.47. The van der Waals surface area contributed by atoms with Crippen LogP contribution in [0.25, 0.3) is 17.1 Å². The van der Waals surface area contributed by atoms with E-state index in [1.54, 1.807) is 7.11 Å². The van der Waals surface area contributed by atoms with Crippen LogP contribution >= 0.6 is 0 Å². The van der Waals surface area contributed by atoms with E-state index in [9.17, 15) is 0 Å². The highest BCUT2D eigenvalue weighted by Crippen LogP contribution is 2.37. The number of para-hydroxylation sites is 2. The third-order valence-corrected chi connectivity index (χ3v) is 4.86. The van der Waals surface area contributed by atoms with Gasteiger partial charge >= 0.3 is 0 Å². The molecule has 0 bridgehead atoms. The molecule has 0 N–H and O–H groups in total. The molecule has 7 heteroatoms. The molecule has 27 heavy (non-hydrogen) atoms. The van der Waals surface area contributed by atoms with Crippen molar-refractivity contribution in [1.82, 2.24) is 14.8 Å². The second-order valence-electron chi connectivity index (χ2n) is 6.51. The molecule has 1 saturated heterocycles. The van der Waals surface area contributed by atoms with Crippen LogP contribution in [0.5, 0.6) is 17.2 Å². The summed E-state index contributed by atoms with van der Waals surface area (Å²) in [5.41, 5.74) is 1.74. The monoisotopic (exact) mass is 365 g/mol. The van der Waals surface area contributed by atoms with Crippen LogP contribution in [0.1, 0.15) is 18.2 Å². The van der Waals surface area contributed by atoms with Gasteiger partial charge in [0.25, 0.3) is 0 Å². The molecule has 2 aliphatic rings. The minimum absolute atomic E-state index is 0.203. The van der Waals surface area contributed by atoms with Crippen molar-refractivity contribution in [3.05, 3.63) is 48.3 Å². The summed E-state index contributed by atoms with van der Waals surface area (Å²) in [6.45, 7) is 1.63. The lowest BCUT2D eigenvalue weighted by Crippen LogP contribution is -2.04. The normalized spacial score (nSPS) is 18.0. The fraction of sp³-hybridized carbons (Fsp3) is 0.300. The standard InChI is InChI=1S/C20H19N3O4/c1-24-16-5-3-2-4-15(16)23-20(21-19(22-23)14-8-9-25-11-14)13-6-7-17-18(10-13)27-12-26-17/h2-7,10,14H,8-9,11-12H2,1H3/t14-/m1/s1. The fourth-order valence-electron chi connectivity index (χ4n) is 3.43. The number of methoxy groups -OCH3 is 1. The Balaban J connectivity index is 1.66. The van der Waals surface area contributed by atoms with Gasteiger partial charge in [-0.25, -0.2) is 9.67 Å². The van der Waals surface area contributed by atoms with Crippen molar-refractivity contribution in [3.63, 3.8) is 0 Å². The molecular weight excluding hydrogens is 346 g/mol. The van der Waals surface area contributed by atoms with E-state index in [0.717, 1.165) is 47.4 Å². The molecule has 1 aromatic heterocycles. The third-order valence-electron chi connectivity index (χ3n) is 4.86. The molecule has 0 spiro atoms. The molecule has 0 unspecified atom stereocenters. The molecule has 0 radical (unpaired) electrons. The Kier molecular flexibility index (Phi) is 3.94. The lowest BCUT2D eigenvalue weighted by Gasteiger charge is -2.10. The van der Waals surface area contributed by atoms with Gasteiger partial charge in [-0.1, -0.05) is 12.1 Å². The van der Waals surface area contributed by atoms with Gasteiger partial charge in [0.1, 0.15) is 11.4 Å². The summed E-state index contributed by atoms with van der Waals surface area (Å²) >= 11 is 0. The number of hydrogen-bond donors (Lipinski definition) is 0. The molecular formula is C20H19N3O4. The number of aromatic nitrogens is 3. The minimum Gasteiger partial charge on any atom is -0.494 e. The van der Waals surface area contributed by atoms with Gasteiger partial charge in [0.2, 0.25) is 6.79 Å². The van der Waals surface area contributed by atoms with E-state index in [1.807, 2.05) is 47.1 Å². The molecule has 0 aliphatic carbocycles. The number of ether oxygens (including phenoxy) is 4. The van der Waals surface area contributed by atoms with E-state index in [0.29, 0.717) is 12.4 Å². The zero-order chi connectivity index (χ0) is 18.2. The second kappa shape index (κ2) is 6.59. The maximum absolute atomic E-state index is 5.54. The van der Waals surface area contributed by atoms with Gasteiger partial charge in [0.15, 0.2) is 23.1 Å². The molecule has 138 valence electrons. The smallest absolute Gasteiger partial charge is 0.231 e. The molecule has 2 aromatic carbocycles. The maximum Gasteiger partial charge on any atom is 0.231 e. The first kappa shape index (κ1) is 16.1. The molecule has 7 nitrogen and oxygen atoms in total. The Hall–Kier alpha value is -3.06. The summed E-state index contributed by atoms with van der Waals surface area (Å²) in [5.74, 6) is 3.91. The fourth-order valence-corrected chi connectivity index (χ4v) is 3.43. The molecule has 3 heterocycles. The van der Waals surface area contributed by atoms with Crippen molar-refractivity contribution >= 4 is 0 Å². The summed E-state index contributed by atoms with van der Waals surface area (Å²) in [6, 6.07) is 13.6. The van der Waals surface area contributed by atoms with Gasteiger partial charge in [-0.3, -0.25) is 0 Å². The topological polar surface area (TPSA) is 67.6 Å². The summed E-state index contributed by atoms with van der Waals surface area (Å²) < 4.78 is 23.9. The second-order valence-corrected chi connectivity index (χ2v) is 6.51. The zero-order valence-electron chi connectivity index (χ0n) is 14.9. The van der Waals surface area contributed by atoms with E-state index in [2.05, 4.69) is 0 Å². The van der Waals surface area contributed by atoms with Crippen LogP contribution in [0.15, 0.2) is 42.5 Å². The Morgan fingerprint density at radius 3 is 2.85 bits per heavy atom. The first-order valence-electron chi connectivity index (χ1n) is 8.91. The van der Waals surface area contributed by atoms with Gasteiger partial charge in [-0.2, -0.15) is 5.10 Å². The Morgan fingerprint density at radius 1 is 1.11 bits per heavy atom. The van der Waals surface area contributed by atoms with E-state index < -0.39 is 0 Å². The minimum atomic E-state index is 0.203. The van der Waals surface area contributed by atoms with Crippen molar-refractivity contribution in [3.8, 4) is 34.3 Å². The highest BCUT2D eigenvalue weighted by molar-refractivity contribution is 5.64. The summed E-state index contributed by atoms with van der Waals surface area (Å²) in [4.78, 5) is 4.86. The highest BCUT2D eigenvalue weighted by Gasteiger charge is 2.26. The number of fused-ring (bicyclic) bond motifs is 1.